The number of rotatable bonds is 4. The van der Waals surface area contributed by atoms with Gasteiger partial charge in [-0.3, -0.25) is 4.98 Å². The molecule has 2 aromatic heterocycles. The van der Waals surface area contributed by atoms with E-state index >= 15 is 0 Å². The van der Waals surface area contributed by atoms with Crippen molar-refractivity contribution in [2.24, 2.45) is 0 Å². The topological polar surface area (TPSA) is 44.2 Å². The Bertz CT molecular complexity index is 2860. The Labute approximate surface area is 306 Å². The average molecular weight is 679 g/mol. The number of fused-ring (bicyclic) bond motifs is 8. The first-order chi connectivity index (χ1) is 26.2. The number of benzene rings is 7. The summed E-state index contributed by atoms with van der Waals surface area (Å²) in [6.07, 6.45) is 1.83. The van der Waals surface area contributed by atoms with Crippen LogP contribution >= 0.6 is 0 Å². The fourth-order valence-electron chi connectivity index (χ4n) is 8.44. The van der Waals surface area contributed by atoms with Gasteiger partial charge in [-0.05, 0) is 87.0 Å². The minimum absolute atomic E-state index is 0.508. The molecule has 3 heterocycles. The fraction of sp³-hybridized carbons (Fsp3) is 0.0204. The Morgan fingerprint density at radius 2 is 1.06 bits per heavy atom. The smallest absolute Gasteiger partial charge is 0.170 e. The quantitative estimate of drug-likeness (QED) is 0.174. The highest BCUT2D eigenvalue weighted by Gasteiger charge is 2.47. The standard InChI is InChI=1S/C49H30N2O2/c1-3-14-36(15-4-1)49(37-16-5-2-6-17-37)40-19-8-7-18-38(40)39-29-45-46(30-41(39)49)52-43-25-23-34(28-44(43)53-45)33-11-9-12-35(27-33)42-24-22-32-21-20-31-13-10-26-50-47(31)48(32)51-42/h1-30H. The van der Waals surface area contributed by atoms with E-state index in [4.69, 9.17) is 14.5 Å². The fourth-order valence-corrected chi connectivity index (χ4v) is 8.44. The lowest BCUT2D eigenvalue weighted by Crippen LogP contribution is -2.28. The Balaban J connectivity index is 0.990. The van der Waals surface area contributed by atoms with Gasteiger partial charge < -0.3 is 9.47 Å². The van der Waals surface area contributed by atoms with Gasteiger partial charge in [0, 0.05) is 22.5 Å². The van der Waals surface area contributed by atoms with Crippen LogP contribution in [0.1, 0.15) is 22.3 Å². The third-order valence-corrected chi connectivity index (χ3v) is 10.8. The van der Waals surface area contributed by atoms with E-state index in [0.717, 1.165) is 49.8 Å². The number of pyridine rings is 2. The first-order valence-corrected chi connectivity index (χ1v) is 17.9. The van der Waals surface area contributed by atoms with Crippen molar-refractivity contribution in [3.05, 3.63) is 204 Å². The van der Waals surface area contributed by atoms with Crippen LogP contribution in [-0.4, -0.2) is 9.97 Å². The third-order valence-electron chi connectivity index (χ3n) is 10.8. The van der Waals surface area contributed by atoms with Crippen LogP contribution in [0.5, 0.6) is 23.0 Å². The Hall–Kier alpha value is -7.04. The van der Waals surface area contributed by atoms with Crippen LogP contribution in [0.25, 0.3) is 55.3 Å². The van der Waals surface area contributed by atoms with Crippen LogP contribution in [-0.2, 0) is 5.41 Å². The maximum absolute atomic E-state index is 6.72. The van der Waals surface area contributed by atoms with Crippen LogP contribution in [0.15, 0.2) is 182 Å². The second-order valence-electron chi connectivity index (χ2n) is 13.7. The molecule has 248 valence electrons. The van der Waals surface area contributed by atoms with Gasteiger partial charge in [-0.1, -0.05) is 133 Å². The van der Waals surface area contributed by atoms with E-state index in [1.165, 1.54) is 27.8 Å². The van der Waals surface area contributed by atoms with Crippen LogP contribution in [0.4, 0.5) is 0 Å². The maximum Gasteiger partial charge on any atom is 0.170 e. The highest BCUT2D eigenvalue weighted by Crippen LogP contribution is 2.59. The molecule has 2 aliphatic rings. The van der Waals surface area contributed by atoms with Crippen molar-refractivity contribution in [3.8, 4) is 56.5 Å². The van der Waals surface area contributed by atoms with Gasteiger partial charge >= 0.3 is 0 Å². The highest BCUT2D eigenvalue weighted by molar-refractivity contribution is 6.03. The minimum Gasteiger partial charge on any atom is -0.450 e. The second kappa shape index (κ2) is 11.5. The molecule has 0 radical (unpaired) electrons. The summed E-state index contributed by atoms with van der Waals surface area (Å²) in [5.74, 6) is 2.79. The molecule has 1 aliphatic heterocycles. The van der Waals surface area contributed by atoms with Crippen molar-refractivity contribution in [2.45, 2.75) is 5.41 Å². The van der Waals surface area contributed by atoms with Crippen molar-refractivity contribution in [3.63, 3.8) is 0 Å². The average Bonchev–Trinajstić information content (AvgIpc) is 3.52. The van der Waals surface area contributed by atoms with E-state index in [-0.39, 0.29) is 0 Å². The Morgan fingerprint density at radius 1 is 0.396 bits per heavy atom. The molecule has 0 saturated carbocycles. The lowest BCUT2D eigenvalue weighted by atomic mass is 9.67. The van der Waals surface area contributed by atoms with Gasteiger partial charge in [-0.15, -0.1) is 0 Å². The number of hydrogen-bond donors (Lipinski definition) is 0. The summed E-state index contributed by atoms with van der Waals surface area (Å²) in [5.41, 5.74) is 12.5. The molecule has 0 spiro atoms. The summed E-state index contributed by atoms with van der Waals surface area (Å²) in [4.78, 5) is 9.73. The van der Waals surface area contributed by atoms with Crippen LogP contribution in [0, 0.1) is 0 Å². The summed E-state index contributed by atoms with van der Waals surface area (Å²) in [5, 5.41) is 2.15. The van der Waals surface area contributed by atoms with Gasteiger partial charge in [0.1, 0.15) is 0 Å². The molecule has 0 atom stereocenters. The zero-order chi connectivity index (χ0) is 34.9. The Kier molecular flexibility index (Phi) is 6.43. The largest absolute Gasteiger partial charge is 0.450 e. The molecule has 53 heavy (non-hydrogen) atoms. The predicted molar refractivity (Wildman–Crippen MR) is 212 cm³/mol. The number of ether oxygens (including phenoxy) is 2. The molecule has 7 aromatic carbocycles. The maximum atomic E-state index is 6.72. The molecule has 4 heteroatoms. The van der Waals surface area contributed by atoms with E-state index in [1.54, 1.807) is 0 Å². The molecular formula is C49H30N2O2. The Morgan fingerprint density at radius 3 is 1.89 bits per heavy atom. The van der Waals surface area contributed by atoms with Gasteiger partial charge in [0.25, 0.3) is 0 Å². The molecule has 4 nitrogen and oxygen atoms in total. The summed E-state index contributed by atoms with van der Waals surface area (Å²) in [7, 11) is 0. The summed E-state index contributed by atoms with van der Waals surface area (Å²) < 4.78 is 13.4. The predicted octanol–water partition coefficient (Wildman–Crippen LogP) is 12.4. The minimum atomic E-state index is -0.508. The van der Waals surface area contributed by atoms with E-state index in [9.17, 15) is 0 Å². The van der Waals surface area contributed by atoms with Crippen molar-refractivity contribution in [2.75, 3.05) is 0 Å². The zero-order valence-corrected chi connectivity index (χ0v) is 28.5. The number of hydrogen-bond acceptors (Lipinski definition) is 4. The first-order valence-electron chi connectivity index (χ1n) is 17.9. The monoisotopic (exact) mass is 678 g/mol. The van der Waals surface area contributed by atoms with E-state index in [2.05, 4.69) is 169 Å². The van der Waals surface area contributed by atoms with Crippen LogP contribution in [0.2, 0.25) is 0 Å². The molecule has 0 amide bonds. The van der Waals surface area contributed by atoms with Crippen molar-refractivity contribution in [1.82, 2.24) is 9.97 Å². The van der Waals surface area contributed by atoms with Gasteiger partial charge in [0.05, 0.1) is 22.1 Å². The summed E-state index contributed by atoms with van der Waals surface area (Å²) in [6, 6.07) is 61.8. The second-order valence-corrected chi connectivity index (χ2v) is 13.7. The normalized spacial score (nSPS) is 13.4. The van der Waals surface area contributed by atoms with Crippen LogP contribution < -0.4 is 9.47 Å². The van der Waals surface area contributed by atoms with Crippen molar-refractivity contribution in [1.29, 1.82) is 0 Å². The van der Waals surface area contributed by atoms with E-state index in [0.29, 0.717) is 23.0 Å². The lowest BCUT2D eigenvalue weighted by molar-refractivity contribution is 0.359. The third kappa shape index (κ3) is 4.49. The zero-order valence-electron chi connectivity index (χ0n) is 28.5. The summed E-state index contributed by atoms with van der Waals surface area (Å²) >= 11 is 0. The van der Waals surface area contributed by atoms with E-state index in [1.807, 2.05) is 18.3 Å². The number of aromatic nitrogens is 2. The SMILES string of the molecule is c1ccc(C2(c3ccccc3)c3ccccc3-c3cc4c(cc32)Oc2ccc(-c3cccc(-c5ccc6ccc7cccnc7c6n5)c3)cc2O4)cc1. The summed E-state index contributed by atoms with van der Waals surface area (Å²) in [6.45, 7) is 0. The first kappa shape index (κ1) is 29.7. The van der Waals surface area contributed by atoms with Crippen molar-refractivity contribution >= 4 is 21.8 Å². The molecule has 11 rings (SSSR count). The highest BCUT2D eigenvalue weighted by atomic mass is 16.6. The molecular weight excluding hydrogens is 649 g/mol. The molecule has 9 aromatic rings. The lowest BCUT2D eigenvalue weighted by Gasteiger charge is -2.34. The molecule has 0 N–H and O–H groups in total. The molecule has 0 bridgehead atoms. The molecule has 0 unspecified atom stereocenters. The van der Waals surface area contributed by atoms with Gasteiger partial charge in [0.2, 0.25) is 0 Å². The van der Waals surface area contributed by atoms with E-state index < -0.39 is 5.41 Å². The number of nitrogens with zero attached hydrogens (tertiary/aromatic N) is 2. The van der Waals surface area contributed by atoms with Gasteiger partial charge in [-0.25, -0.2) is 4.98 Å². The van der Waals surface area contributed by atoms with Gasteiger partial charge in [-0.2, -0.15) is 0 Å². The van der Waals surface area contributed by atoms with Crippen molar-refractivity contribution < 1.29 is 9.47 Å². The molecule has 1 aliphatic carbocycles. The molecule has 0 fully saturated rings. The molecule has 0 saturated heterocycles. The van der Waals surface area contributed by atoms with Gasteiger partial charge in [0.15, 0.2) is 23.0 Å². The van der Waals surface area contributed by atoms with Crippen LogP contribution in [0.3, 0.4) is 0 Å².